The summed E-state index contributed by atoms with van der Waals surface area (Å²) in [5.41, 5.74) is 0. The highest BCUT2D eigenvalue weighted by Gasteiger charge is 2.07. The minimum Gasteiger partial charge on any atom is -0.463 e. The first kappa shape index (κ1) is 39.0. The number of hydrogen-bond acceptors (Lipinski definition) is 6. The SMILES string of the molecule is CCCCCCCCCCCC(=O)OCC(O)CO.CCCCCCCCCCCCCC(=O)OC(C)C. The Hall–Kier alpha value is -1.14. The van der Waals surface area contributed by atoms with E-state index in [1.165, 1.54) is 109 Å². The number of hydrogen-bond donors (Lipinski definition) is 2. The molecule has 0 aromatic heterocycles. The Labute approximate surface area is 235 Å². The maximum atomic E-state index is 11.3. The molecule has 0 rings (SSSR count). The van der Waals surface area contributed by atoms with E-state index in [-0.39, 0.29) is 31.3 Å². The summed E-state index contributed by atoms with van der Waals surface area (Å²) in [5, 5.41) is 17.6. The van der Waals surface area contributed by atoms with Gasteiger partial charge in [-0.3, -0.25) is 9.59 Å². The van der Waals surface area contributed by atoms with Crippen LogP contribution in [0.15, 0.2) is 0 Å². The fraction of sp³-hybridized carbons (Fsp3) is 0.938. The van der Waals surface area contributed by atoms with Gasteiger partial charge in [-0.1, -0.05) is 129 Å². The van der Waals surface area contributed by atoms with Crippen LogP contribution in [0.1, 0.15) is 169 Å². The lowest BCUT2D eigenvalue weighted by Crippen LogP contribution is -2.21. The number of aliphatic hydroxyl groups is 2. The molecule has 2 N–H and O–H groups in total. The minimum absolute atomic E-state index is 0.0280. The van der Waals surface area contributed by atoms with Crippen molar-refractivity contribution in [1.82, 2.24) is 0 Å². The Kier molecular flexibility index (Phi) is 32.9. The van der Waals surface area contributed by atoms with Crippen molar-refractivity contribution in [3.8, 4) is 0 Å². The maximum absolute atomic E-state index is 11.3. The molecule has 0 bridgehead atoms. The Morgan fingerprint density at radius 1 is 0.579 bits per heavy atom. The minimum atomic E-state index is -0.952. The molecule has 0 aliphatic rings. The van der Waals surface area contributed by atoms with Gasteiger partial charge in [0.2, 0.25) is 0 Å². The van der Waals surface area contributed by atoms with Crippen molar-refractivity contribution in [3.63, 3.8) is 0 Å². The van der Waals surface area contributed by atoms with Crippen molar-refractivity contribution in [3.05, 3.63) is 0 Å². The number of esters is 2. The molecule has 228 valence electrons. The fourth-order valence-electron chi connectivity index (χ4n) is 4.15. The second-order valence-electron chi connectivity index (χ2n) is 10.9. The molecular weight excluding hydrogens is 480 g/mol. The summed E-state index contributed by atoms with van der Waals surface area (Å²) in [6, 6.07) is 0. The van der Waals surface area contributed by atoms with Gasteiger partial charge in [0.25, 0.3) is 0 Å². The zero-order chi connectivity index (χ0) is 28.7. The third-order valence-electron chi connectivity index (χ3n) is 6.48. The van der Waals surface area contributed by atoms with Gasteiger partial charge in [0.05, 0.1) is 12.7 Å². The van der Waals surface area contributed by atoms with Gasteiger partial charge in [-0.25, -0.2) is 0 Å². The van der Waals surface area contributed by atoms with Gasteiger partial charge in [0.1, 0.15) is 12.7 Å². The molecule has 0 radical (unpaired) electrons. The highest BCUT2D eigenvalue weighted by atomic mass is 16.5. The molecule has 0 aliphatic carbocycles. The first-order valence-corrected chi connectivity index (χ1v) is 16.0. The molecule has 0 fully saturated rings. The topological polar surface area (TPSA) is 93.1 Å². The number of ether oxygens (including phenoxy) is 2. The lowest BCUT2D eigenvalue weighted by atomic mass is 10.1. The van der Waals surface area contributed by atoms with Crippen molar-refractivity contribution >= 4 is 11.9 Å². The zero-order valence-electron chi connectivity index (χ0n) is 25.7. The van der Waals surface area contributed by atoms with Gasteiger partial charge in [-0.05, 0) is 26.7 Å². The van der Waals surface area contributed by atoms with E-state index in [2.05, 4.69) is 13.8 Å². The smallest absolute Gasteiger partial charge is 0.306 e. The monoisotopic (exact) mass is 544 g/mol. The van der Waals surface area contributed by atoms with E-state index in [9.17, 15) is 9.59 Å². The van der Waals surface area contributed by atoms with Crippen LogP contribution < -0.4 is 0 Å². The Bertz CT molecular complexity index is 494. The molecule has 0 spiro atoms. The predicted octanol–water partition coefficient (Wildman–Crippen LogP) is 8.44. The van der Waals surface area contributed by atoms with Crippen LogP contribution in [0.2, 0.25) is 0 Å². The van der Waals surface area contributed by atoms with E-state index in [1.807, 2.05) is 13.8 Å². The van der Waals surface area contributed by atoms with Crippen LogP contribution in [0.3, 0.4) is 0 Å². The standard InChI is InChI=1S/C17H34O2.C15H30O4/c1-4-5-6-7-8-9-10-11-12-13-14-15-17(18)19-16(2)3;1-2-3-4-5-6-7-8-9-10-11-15(18)19-13-14(17)12-16/h16H,4-15H2,1-3H3;14,16-17H,2-13H2,1H3. The molecule has 6 heteroatoms. The quantitative estimate of drug-likeness (QED) is 0.0838. The van der Waals surface area contributed by atoms with Crippen molar-refractivity contribution in [2.75, 3.05) is 13.2 Å². The Morgan fingerprint density at radius 2 is 0.921 bits per heavy atom. The first-order chi connectivity index (χ1) is 18.4. The van der Waals surface area contributed by atoms with Crippen LogP contribution in [-0.2, 0) is 19.1 Å². The molecule has 1 unspecified atom stereocenters. The summed E-state index contributed by atoms with van der Waals surface area (Å²) in [5.74, 6) is -0.318. The van der Waals surface area contributed by atoms with Gasteiger partial charge >= 0.3 is 11.9 Å². The van der Waals surface area contributed by atoms with Gasteiger partial charge in [0, 0.05) is 12.8 Å². The lowest BCUT2D eigenvalue weighted by Gasteiger charge is -2.08. The molecular formula is C32H64O6. The van der Waals surface area contributed by atoms with E-state index >= 15 is 0 Å². The molecule has 0 saturated carbocycles. The lowest BCUT2D eigenvalue weighted by molar-refractivity contribution is -0.148. The molecule has 38 heavy (non-hydrogen) atoms. The molecule has 0 amide bonds. The number of carbonyl (C=O) groups is 2. The van der Waals surface area contributed by atoms with Crippen LogP contribution in [-0.4, -0.2) is 47.6 Å². The summed E-state index contributed by atoms with van der Waals surface area (Å²) in [6.45, 7) is 7.81. The van der Waals surface area contributed by atoms with Crippen LogP contribution in [0.25, 0.3) is 0 Å². The number of carbonyl (C=O) groups excluding carboxylic acids is 2. The normalized spacial score (nSPS) is 11.7. The maximum Gasteiger partial charge on any atom is 0.306 e. The Morgan fingerprint density at radius 3 is 1.26 bits per heavy atom. The fourth-order valence-corrected chi connectivity index (χ4v) is 4.15. The van der Waals surface area contributed by atoms with Crippen LogP contribution >= 0.6 is 0 Å². The van der Waals surface area contributed by atoms with E-state index in [0.717, 1.165) is 19.3 Å². The molecule has 0 aromatic rings. The molecule has 6 nitrogen and oxygen atoms in total. The number of unbranched alkanes of at least 4 members (excludes halogenated alkanes) is 18. The zero-order valence-corrected chi connectivity index (χ0v) is 25.7. The van der Waals surface area contributed by atoms with Crippen molar-refractivity contribution in [2.45, 2.75) is 181 Å². The second-order valence-corrected chi connectivity index (χ2v) is 10.9. The molecule has 1 atom stereocenters. The van der Waals surface area contributed by atoms with Gasteiger partial charge < -0.3 is 19.7 Å². The third-order valence-corrected chi connectivity index (χ3v) is 6.48. The summed E-state index contributed by atoms with van der Waals surface area (Å²) >= 11 is 0. The highest BCUT2D eigenvalue weighted by Crippen LogP contribution is 2.13. The number of aliphatic hydroxyl groups excluding tert-OH is 2. The van der Waals surface area contributed by atoms with E-state index in [4.69, 9.17) is 19.7 Å². The first-order valence-electron chi connectivity index (χ1n) is 16.0. The van der Waals surface area contributed by atoms with Gasteiger partial charge in [-0.2, -0.15) is 0 Å². The van der Waals surface area contributed by atoms with Crippen LogP contribution in [0.4, 0.5) is 0 Å². The van der Waals surface area contributed by atoms with Crippen LogP contribution in [0.5, 0.6) is 0 Å². The van der Waals surface area contributed by atoms with Gasteiger partial charge in [-0.15, -0.1) is 0 Å². The summed E-state index contributed by atoms with van der Waals surface area (Å²) < 4.78 is 9.92. The second kappa shape index (κ2) is 32.1. The molecule has 0 heterocycles. The number of rotatable bonds is 26. The predicted molar refractivity (Wildman–Crippen MR) is 158 cm³/mol. The third kappa shape index (κ3) is 34.9. The van der Waals surface area contributed by atoms with E-state index < -0.39 is 6.10 Å². The van der Waals surface area contributed by atoms with Crippen molar-refractivity contribution < 1.29 is 29.3 Å². The summed E-state index contributed by atoms with van der Waals surface area (Å²) in [7, 11) is 0. The largest absolute Gasteiger partial charge is 0.463 e. The average Bonchev–Trinajstić information content (AvgIpc) is 2.89. The van der Waals surface area contributed by atoms with Crippen molar-refractivity contribution in [1.29, 1.82) is 0 Å². The summed E-state index contributed by atoms with van der Waals surface area (Å²) in [6.07, 6.45) is 25.5. The molecule has 0 aromatic carbocycles. The molecule has 0 aliphatic heterocycles. The average molecular weight is 545 g/mol. The van der Waals surface area contributed by atoms with E-state index in [0.29, 0.717) is 12.8 Å². The highest BCUT2D eigenvalue weighted by molar-refractivity contribution is 5.69. The Balaban J connectivity index is 0. The summed E-state index contributed by atoms with van der Waals surface area (Å²) in [4.78, 5) is 22.5. The van der Waals surface area contributed by atoms with Crippen LogP contribution in [0, 0.1) is 0 Å². The molecule has 0 saturated heterocycles. The van der Waals surface area contributed by atoms with Crippen molar-refractivity contribution in [2.24, 2.45) is 0 Å². The van der Waals surface area contributed by atoms with E-state index in [1.54, 1.807) is 0 Å². The van der Waals surface area contributed by atoms with Gasteiger partial charge in [0.15, 0.2) is 0 Å².